The third kappa shape index (κ3) is 6.30. The molecule has 1 N–H and O–H groups in total. The number of methoxy groups -OCH3 is 1. The van der Waals surface area contributed by atoms with Crippen LogP contribution in [0, 0.1) is 0 Å². The molecule has 0 unspecified atom stereocenters. The number of hydrogen-bond donors (Lipinski definition) is 1. The number of hydrogen-bond acceptors (Lipinski definition) is 4. The number of aromatic nitrogens is 2. The molecule has 0 aliphatic heterocycles. The number of aryl methyl sites for hydroxylation is 2. The van der Waals surface area contributed by atoms with Gasteiger partial charge in [0.05, 0.1) is 37.1 Å². The van der Waals surface area contributed by atoms with Crippen molar-refractivity contribution in [1.29, 1.82) is 0 Å². The molecule has 0 amide bonds. The first-order chi connectivity index (χ1) is 16.2. The summed E-state index contributed by atoms with van der Waals surface area (Å²) in [5.41, 5.74) is 2.28. The van der Waals surface area contributed by atoms with E-state index in [0.717, 1.165) is 36.2 Å². The van der Waals surface area contributed by atoms with E-state index in [0.29, 0.717) is 42.2 Å². The summed E-state index contributed by atoms with van der Waals surface area (Å²) in [6.45, 7) is 2.37. The second-order valence-electron chi connectivity index (χ2n) is 7.81. The number of carbonyl (C=O) groups is 1. The second kappa shape index (κ2) is 11.1. The van der Waals surface area contributed by atoms with Crippen molar-refractivity contribution in [3.63, 3.8) is 0 Å². The van der Waals surface area contributed by atoms with Gasteiger partial charge in [-0.25, -0.2) is 4.68 Å². The Kier molecular flexibility index (Phi) is 8.20. The summed E-state index contributed by atoms with van der Waals surface area (Å²) >= 11 is 0. The van der Waals surface area contributed by atoms with Gasteiger partial charge in [-0.1, -0.05) is 25.5 Å². The fourth-order valence-electron chi connectivity index (χ4n) is 3.66. The molecular weight excluding hydrogens is 449 g/mol. The zero-order valence-electron chi connectivity index (χ0n) is 19.1. The molecule has 3 rings (SSSR count). The highest BCUT2D eigenvalue weighted by atomic mass is 19.4. The molecule has 0 atom stereocenters. The Morgan fingerprint density at radius 1 is 1.09 bits per heavy atom. The zero-order chi connectivity index (χ0) is 24.7. The Bertz CT molecular complexity index is 1110. The average Bonchev–Trinajstić information content (AvgIpc) is 3.19. The smallest absolute Gasteiger partial charge is 0.416 e. The molecule has 1 heterocycles. The lowest BCUT2D eigenvalue weighted by molar-refractivity contribution is -0.138. The summed E-state index contributed by atoms with van der Waals surface area (Å²) in [6.07, 6.45) is 0.207. The maximum atomic E-state index is 12.8. The highest BCUT2D eigenvalue weighted by Gasteiger charge is 2.30. The Balaban J connectivity index is 1.70. The number of carboxylic acids is 1. The van der Waals surface area contributed by atoms with Crippen LogP contribution in [0.1, 0.15) is 42.1 Å². The fraction of sp³-hybridized carbons (Fsp3) is 0.360. The van der Waals surface area contributed by atoms with Gasteiger partial charge in [0.15, 0.2) is 11.5 Å². The van der Waals surface area contributed by atoms with Gasteiger partial charge in [0.2, 0.25) is 0 Å². The number of ether oxygens (including phenoxy) is 2. The van der Waals surface area contributed by atoms with Gasteiger partial charge in [-0.15, -0.1) is 0 Å². The summed E-state index contributed by atoms with van der Waals surface area (Å²) in [6, 6.07) is 10.0. The Labute approximate surface area is 195 Å². The van der Waals surface area contributed by atoms with Crippen molar-refractivity contribution in [2.75, 3.05) is 13.7 Å². The predicted octanol–water partition coefficient (Wildman–Crippen LogP) is 5.49. The molecule has 0 saturated carbocycles. The van der Waals surface area contributed by atoms with Gasteiger partial charge in [-0.2, -0.15) is 18.3 Å². The Morgan fingerprint density at radius 2 is 1.82 bits per heavy atom. The van der Waals surface area contributed by atoms with Crippen LogP contribution in [0.3, 0.4) is 0 Å². The molecule has 0 bridgehead atoms. The van der Waals surface area contributed by atoms with Crippen LogP contribution in [0.5, 0.6) is 11.5 Å². The molecule has 2 aromatic carbocycles. The Morgan fingerprint density at radius 3 is 2.44 bits per heavy atom. The van der Waals surface area contributed by atoms with Crippen molar-refractivity contribution in [3.8, 4) is 17.2 Å². The molecule has 0 saturated heterocycles. The summed E-state index contributed by atoms with van der Waals surface area (Å²) in [5, 5.41) is 13.7. The van der Waals surface area contributed by atoms with E-state index in [1.807, 2.05) is 13.1 Å². The van der Waals surface area contributed by atoms with E-state index in [1.54, 1.807) is 22.9 Å². The molecule has 0 aliphatic rings. The highest BCUT2D eigenvalue weighted by molar-refractivity contribution is 5.72. The second-order valence-corrected chi connectivity index (χ2v) is 7.81. The fourth-order valence-corrected chi connectivity index (χ4v) is 3.66. The van der Waals surface area contributed by atoms with Crippen LogP contribution in [-0.2, 0) is 30.2 Å². The zero-order valence-corrected chi connectivity index (χ0v) is 19.1. The van der Waals surface area contributed by atoms with Crippen LogP contribution in [-0.4, -0.2) is 34.6 Å². The maximum absolute atomic E-state index is 12.8. The molecule has 0 fully saturated rings. The third-order valence-electron chi connectivity index (χ3n) is 5.28. The lowest BCUT2D eigenvalue weighted by Gasteiger charge is -2.14. The van der Waals surface area contributed by atoms with Crippen LogP contribution in [0.4, 0.5) is 13.2 Å². The van der Waals surface area contributed by atoms with Gasteiger partial charge in [-0.05, 0) is 55.2 Å². The average molecular weight is 476 g/mol. The minimum atomic E-state index is -4.38. The number of alkyl halides is 3. The van der Waals surface area contributed by atoms with Gasteiger partial charge in [0.1, 0.15) is 0 Å². The molecule has 9 heteroatoms. The van der Waals surface area contributed by atoms with Crippen molar-refractivity contribution >= 4 is 5.97 Å². The number of rotatable bonds is 11. The van der Waals surface area contributed by atoms with Gasteiger partial charge in [0.25, 0.3) is 0 Å². The van der Waals surface area contributed by atoms with E-state index in [9.17, 15) is 18.0 Å². The highest BCUT2D eigenvalue weighted by Crippen LogP contribution is 2.32. The molecule has 182 valence electrons. The lowest BCUT2D eigenvalue weighted by atomic mass is 10.1. The van der Waals surface area contributed by atoms with E-state index in [2.05, 4.69) is 5.10 Å². The molecule has 1 aromatic heterocycles. The van der Waals surface area contributed by atoms with Crippen LogP contribution in [0.15, 0.2) is 48.7 Å². The van der Waals surface area contributed by atoms with E-state index >= 15 is 0 Å². The van der Waals surface area contributed by atoms with E-state index in [1.165, 1.54) is 19.2 Å². The third-order valence-corrected chi connectivity index (χ3v) is 5.28. The first-order valence-corrected chi connectivity index (χ1v) is 11.0. The van der Waals surface area contributed by atoms with Gasteiger partial charge in [-0.3, -0.25) is 4.79 Å². The monoisotopic (exact) mass is 476 g/mol. The molecule has 6 nitrogen and oxygen atoms in total. The van der Waals surface area contributed by atoms with Crippen molar-refractivity contribution in [2.45, 2.75) is 45.2 Å². The molecule has 0 aliphatic carbocycles. The number of nitrogens with zero attached hydrogens (tertiary/aromatic N) is 2. The standard InChI is InChI=1S/C25H27F3N2O4/c1-3-6-21-18(16-30(29-21)20-12-10-19(11-13-20)25(26,27)28)8-5-14-34-24-17(15-23(31)32)7-4-9-22(24)33-2/h4,7,9-13,16H,3,5-6,8,14-15H2,1-2H3,(H,31,32). The molecule has 34 heavy (non-hydrogen) atoms. The summed E-state index contributed by atoms with van der Waals surface area (Å²) in [7, 11) is 1.50. The predicted molar refractivity (Wildman–Crippen MR) is 121 cm³/mol. The van der Waals surface area contributed by atoms with Crippen LogP contribution in [0.2, 0.25) is 0 Å². The number of para-hydroxylation sites is 1. The first-order valence-electron chi connectivity index (χ1n) is 11.0. The molecule has 0 radical (unpaired) electrons. The minimum absolute atomic E-state index is 0.174. The van der Waals surface area contributed by atoms with Crippen molar-refractivity contribution in [3.05, 3.63) is 71.0 Å². The largest absolute Gasteiger partial charge is 0.493 e. The van der Waals surface area contributed by atoms with Crippen LogP contribution < -0.4 is 9.47 Å². The van der Waals surface area contributed by atoms with Crippen molar-refractivity contribution < 1.29 is 32.5 Å². The quantitative estimate of drug-likeness (QED) is 0.371. The topological polar surface area (TPSA) is 73.6 Å². The lowest BCUT2D eigenvalue weighted by Crippen LogP contribution is -2.07. The number of benzene rings is 2. The number of halogens is 3. The summed E-state index contributed by atoms with van der Waals surface area (Å²) < 4.78 is 51.4. The van der Waals surface area contributed by atoms with Gasteiger partial charge < -0.3 is 14.6 Å². The van der Waals surface area contributed by atoms with Crippen LogP contribution in [0.25, 0.3) is 5.69 Å². The van der Waals surface area contributed by atoms with Crippen molar-refractivity contribution in [1.82, 2.24) is 9.78 Å². The Hall–Kier alpha value is -3.49. The van der Waals surface area contributed by atoms with Crippen LogP contribution >= 0.6 is 0 Å². The minimum Gasteiger partial charge on any atom is -0.493 e. The number of carboxylic acid groups (broad SMARTS) is 1. The summed E-state index contributed by atoms with van der Waals surface area (Å²) in [4.78, 5) is 11.2. The SMILES string of the molecule is CCCc1nn(-c2ccc(C(F)(F)F)cc2)cc1CCCOc1c(CC(=O)O)cccc1OC. The van der Waals surface area contributed by atoms with E-state index in [4.69, 9.17) is 14.6 Å². The van der Waals surface area contributed by atoms with E-state index < -0.39 is 17.7 Å². The first kappa shape index (κ1) is 25.1. The molecule has 3 aromatic rings. The molecule has 0 spiro atoms. The number of aliphatic carboxylic acids is 1. The summed E-state index contributed by atoms with van der Waals surface area (Å²) in [5.74, 6) is -0.0693. The normalized spacial score (nSPS) is 11.4. The van der Waals surface area contributed by atoms with Crippen molar-refractivity contribution in [2.24, 2.45) is 0 Å². The molecular formula is C25H27F3N2O4. The van der Waals surface area contributed by atoms with Gasteiger partial charge in [0, 0.05) is 11.8 Å². The maximum Gasteiger partial charge on any atom is 0.416 e. The van der Waals surface area contributed by atoms with E-state index in [-0.39, 0.29) is 6.42 Å². The van der Waals surface area contributed by atoms with Gasteiger partial charge >= 0.3 is 12.1 Å².